The molecule has 0 spiro atoms. The molecule has 1 aromatic heterocycles. The van der Waals surface area contributed by atoms with Crippen LogP contribution in [0.25, 0.3) is 0 Å². The number of hydrogen-bond donors (Lipinski definition) is 1. The Morgan fingerprint density at radius 1 is 1.33 bits per heavy atom. The van der Waals surface area contributed by atoms with E-state index in [-0.39, 0.29) is 5.56 Å². The number of quaternary nitrogens is 1. The van der Waals surface area contributed by atoms with Gasteiger partial charge in [0.25, 0.3) is 5.78 Å². The lowest BCUT2D eigenvalue weighted by molar-refractivity contribution is -0.932. The third-order valence-electron chi connectivity index (χ3n) is 5.02. The molecule has 0 fully saturated rings. The number of hydrogen-bond acceptors (Lipinski definition) is 3. The molecule has 4 nitrogen and oxygen atoms in total. The number of halogens is 1. The van der Waals surface area contributed by atoms with Crippen LogP contribution in [0, 0.1) is 5.82 Å². The van der Waals surface area contributed by atoms with E-state index in [1.165, 1.54) is 32.4 Å². The molecule has 0 saturated heterocycles. The first-order valence-electron chi connectivity index (χ1n) is 8.16. The summed E-state index contributed by atoms with van der Waals surface area (Å²) >= 11 is 1.79. The van der Waals surface area contributed by atoms with Crippen LogP contribution >= 0.6 is 11.3 Å². The van der Waals surface area contributed by atoms with Crippen LogP contribution in [0.1, 0.15) is 40.2 Å². The molecule has 0 bridgehead atoms. The molecule has 2 aliphatic rings. The molecule has 0 radical (unpaired) electrons. The maximum atomic E-state index is 13.4. The summed E-state index contributed by atoms with van der Waals surface area (Å²) in [6.45, 7) is 3.52. The van der Waals surface area contributed by atoms with Gasteiger partial charge in [-0.15, -0.1) is 11.3 Å². The first kappa shape index (κ1) is 15.5. The summed E-state index contributed by atoms with van der Waals surface area (Å²) in [4.78, 5) is 28.8. The normalized spacial score (nSPS) is 22.7. The fourth-order valence-electron chi connectivity index (χ4n) is 3.86. The van der Waals surface area contributed by atoms with Gasteiger partial charge < -0.3 is 4.90 Å². The van der Waals surface area contributed by atoms with Crippen molar-refractivity contribution in [1.82, 2.24) is 0 Å². The van der Waals surface area contributed by atoms with E-state index in [2.05, 4.69) is 18.4 Å². The quantitative estimate of drug-likeness (QED) is 0.864. The van der Waals surface area contributed by atoms with E-state index in [4.69, 9.17) is 0 Å². The number of nitrogens with one attached hydrogen (secondary N) is 1. The summed E-state index contributed by atoms with van der Waals surface area (Å²) < 4.78 is 13.4. The van der Waals surface area contributed by atoms with Crippen LogP contribution in [0.5, 0.6) is 0 Å². The molecule has 3 heterocycles. The van der Waals surface area contributed by atoms with Crippen molar-refractivity contribution in [2.24, 2.45) is 0 Å². The van der Waals surface area contributed by atoms with Crippen molar-refractivity contribution in [3.8, 4) is 0 Å². The van der Waals surface area contributed by atoms with E-state index < -0.39 is 17.5 Å². The van der Waals surface area contributed by atoms with Gasteiger partial charge in [0.05, 0.1) is 17.8 Å². The Balaban J connectivity index is 1.64. The number of benzene rings is 1. The molecule has 6 heteroatoms. The minimum atomic E-state index is -0.606. The van der Waals surface area contributed by atoms with Gasteiger partial charge in [-0.3, -0.25) is 14.5 Å². The van der Waals surface area contributed by atoms with Crippen LogP contribution < -0.4 is 9.80 Å². The zero-order valence-corrected chi connectivity index (χ0v) is 14.2. The highest BCUT2D eigenvalue weighted by atomic mass is 32.1. The van der Waals surface area contributed by atoms with Crippen molar-refractivity contribution in [1.29, 1.82) is 0 Å². The predicted octanol–water partition coefficient (Wildman–Crippen LogP) is 1.97. The number of thiophene rings is 1. The van der Waals surface area contributed by atoms with E-state index in [1.807, 2.05) is 0 Å². The highest BCUT2D eigenvalue weighted by molar-refractivity contribution is 7.10. The number of nitrogens with zero attached hydrogens (tertiary/aromatic N) is 1. The van der Waals surface area contributed by atoms with Crippen LogP contribution in [0.2, 0.25) is 0 Å². The van der Waals surface area contributed by atoms with Gasteiger partial charge in [0.1, 0.15) is 11.9 Å². The van der Waals surface area contributed by atoms with E-state index in [1.54, 1.807) is 11.3 Å². The molecule has 1 N–H and O–H groups in total. The molecule has 2 atom stereocenters. The Morgan fingerprint density at radius 3 is 2.96 bits per heavy atom. The highest BCUT2D eigenvalue weighted by Crippen LogP contribution is 2.30. The molecule has 1 aromatic carbocycles. The van der Waals surface area contributed by atoms with E-state index in [0.717, 1.165) is 25.5 Å². The van der Waals surface area contributed by atoms with Crippen molar-refractivity contribution in [3.05, 3.63) is 51.5 Å². The predicted molar refractivity (Wildman–Crippen MR) is 90.0 cm³/mol. The maximum absolute atomic E-state index is 13.4. The lowest BCUT2D eigenvalue weighted by Crippen LogP contribution is -3.15. The van der Waals surface area contributed by atoms with Crippen LogP contribution in [-0.2, 0) is 11.2 Å². The molecule has 24 heavy (non-hydrogen) atoms. The fourth-order valence-corrected chi connectivity index (χ4v) is 4.81. The van der Waals surface area contributed by atoms with Crippen molar-refractivity contribution in [3.63, 3.8) is 0 Å². The molecule has 124 valence electrons. The Hall–Kier alpha value is -2.05. The van der Waals surface area contributed by atoms with Crippen molar-refractivity contribution in [2.45, 2.75) is 25.8 Å². The molecule has 4 rings (SSSR count). The molecule has 0 saturated carbocycles. The van der Waals surface area contributed by atoms with Crippen LogP contribution in [0.15, 0.2) is 29.6 Å². The van der Waals surface area contributed by atoms with Gasteiger partial charge in [0, 0.05) is 23.3 Å². The number of Topliss-reactive ketones (excluding diaryl/α,β-unsaturated/α-hetero) is 1. The van der Waals surface area contributed by atoms with Gasteiger partial charge in [-0.2, -0.15) is 0 Å². The lowest BCUT2D eigenvalue weighted by Gasteiger charge is -2.34. The van der Waals surface area contributed by atoms with Crippen LogP contribution in [-0.4, -0.2) is 24.9 Å². The average molecular weight is 345 g/mol. The monoisotopic (exact) mass is 345 g/mol. The Kier molecular flexibility index (Phi) is 3.73. The summed E-state index contributed by atoms with van der Waals surface area (Å²) in [5.41, 5.74) is 2.08. The average Bonchev–Trinajstić information content (AvgIpc) is 3.14. The number of carbonyl (C=O) groups excluding carboxylic acids is 2. The maximum Gasteiger partial charge on any atom is 0.303 e. The van der Waals surface area contributed by atoms with Gasteiger partial charge in [-0.1, -0.05) is 6.92 Å². The van der Waals surface area contributed by atoms with Crippen LogP contribution in [0.3, 0.4) is 0 Å². The number of amides is 1. The smallest absolute Gasteiger partial charge is 0.303 e. The zero-order valence-electron chi connectivity index (χ0n) is 13.3. The van der Waals surface area contributed by atoms with Crippen molar-refractivity contribution >= 4 is 28.7 Å². The van der Waals surface area contributed by atoms with Crippen LogP contribution in [0.4, 0.5) is 10.1 Å². The summed E-state index contributed by atoms with van der Waals surface area (Å²) in [5.74, 6) is -1.64. The second kappa shape index (κ2) is 5.79. The summed E-state index contributed by atoms with van der Waals surface area (Å²) in [6, 6.07) is 6.50. The van der Waals surface area contributed by atoms with Gasteiger partial charge in [-0.05, 0) is 29.6 Å². The second-order valence-electron chi connectivity index (χ2n) is 6.30. The van der Waals surface area contributed by atoms with E-state index in [0.29, 0.717) is 18.4 Å². The SMILES string of the molecule is CC[C@H]1c2ccsc2CC[NH+]1CN1C(=O)C(=O)c2cc(F)ccc21. The molecule has 2 aliphatic heterocycles. The molecule has 1 unspecified atom stereocenters. The summed E-state index contributed by atoms with van der Waals surface area (Å²) in [6.07, 6.45) is 1.97. The van der Waals surface area contributed by atoms with E-state index >= 15 is 0 Å². The topological polar surface area (TPSA) is 41.8 Å². The third-order valence-corrected chi connectivity index (χ3v) is 6.02. The summed E-state index contributed by atoms with van der Waals surface area (Å²) in [7, 11) is 0. The minimum absolute atomic E-state index is 0.181. The number of carbonyl (C=O) groups is 2. The molecule has 1 amide bonds. The lowest BCUT2D eigenvalue weighted by atomic mass is 9.98. The van der Waals surface area contributed by atoms with Gasteiger partial charge in [-0.25, -0.2) is 4.39 Å². The van der Waals surface area contributed by atoms with Crippen molar-refractivity contribution in [2.75, 3.05) is 18.1 Å². The number of ketones is 1. The van der Waals surface area contributed by atoms with Gasteiger partial charge >= 0.3 is 5.91 Å². The highest BCUT2D eigenvalue weighted by Gasteiger charge is 2.40. The van der Waals surface area contributed by atoms with E-state index in [9.17, 15) is 14.0 Å². The standard InChI is InChI=1S/C18H17FN2O2S/c1-2-14-12-6-8-24-16(12)5-7-20(14)10-21-15-4-3-11(19)9-13(15)17(22)18(21)23/h3-4,6,8-9,14H,2,5,7,10H2,1H3/p+1/t14-/m0/s1. The van der Waals surface area contributed by atoms with Gasteiger partial charge in [0.2, 0.25) is 0 Å². The minimum Gasteiger partial charge on any atom is -0.311 e. The first-order chi connectivity index (χ1) is 11.6. The second-order valence-corrected chi connectivity index (χ2v) is 7.30. The Bertz CT molecular complexity index is 832. The number of anilines is 1. The van der Waals surface area contributed by atoms with Crippen molar-refractivity contribution < 1.29 is 18.9 Å². The summed E-state index contributed by atoms with van der Waals surface area (Å²) in [5, 5.41) is 2.12. The largest absolute Gasteiger partial charge is 0.311 e. The number of rotatable bonds is 3. The molecule has 0 aliphatic carbocycles. The molecule has 2 aromatic rings. The Morgan fingerprint density at radius 2 is 2.17 bits per heavy atom. The number of fused-ring (bicyclic) bond motifs is 2. The first-order valence-corrected chi connectivity index (χ1v) is 9.04. The third kappa shape index (κ3) is 2.29. The zero-order chi connectivity index (χ0) is 16.8. The molecular formula is C18H18FN2O2S+. The molecular weight excluding hydrogens is 327 g/mol. The van der Waals surface area contributed by atoms with Gasteiger partial charge in [0.15, 0.2) is 6.67 Å². The Labute approximate surface area is 143 Å². The fraction of sp³-hybridized carbons (Fsp3) is 0.333.